The van der Waals surface area contributed by atoms with Crippen LogP contribution < -0.4 is 4.74 Å². The third kappa shape index (κ3) is 5.88. The lowest BCUT2D eigenvalue weighted by Crippen LogP contribution is -2.49. The van der Waals surface area contributed by atoms with Crippen LogP contribution in [0.15, 0.2) is 36.4 Å². The van der Waals surface area contributed by atoms with E-state index in [9.17, 15) is 36.2 Å². The summed E-state index contributed by atoms with van der Waals surface area (Å²) in [6, 6.07) is 7.02. The topological polar surface area (TPSA) is 49.8 Å². The molecule has 2 bridgehead atoms. The van der Waals surface area contributed by atoms with Gasteiger partial charge < -0.3 is 9.84 Å². The van der Waals surface area contributed by atoms with Crippen LogP contribution in [0.4, 0.5) is 26.3 Å². The van der Waals surface area contributed by atoms with Crippen molar-refractivity contribution >= 4 is 5.97 Å². The molecular formula is C33H37F6NO3. The summed E-state index contributed by atoms with van der Waals surface area (Å²) in [7, 11) is 0. The van der Waals surface area contributed by atoms with Gasteiger partial charge >= 0.3 is 18.3 Å². The lowest BCUT2D eigenvalue weighted by atomic mass is 9.77. The molecule has 0 spiro atoms. The molecule has 10 heteroatoms. The summed E-state index contributed by atoms with van der Waals surface area (Å²) in [4.78, 5) is 13.7. The van der Waals surface area contributed by atoms with E-state index in [1.165, 1.54) is 0 Å². The maximum absolute atomic E-state index is 13.9. The Kier molecular flexibility index (Phi) is 7.75. The summed E-state index contributed by atoms with van der Waals surface area (Å²) in [5, 5.41) is 9.70. The van der Waals surface area contributed by atoms with Crippen molar-refractivity contribution in [2.75, 3.05) is 13.1 Å². The van der Waals surface area contributed by atoms with Crippen LogP contribution in [0.3, 0.4) is 0 Å². The average Bonchev–Trinajstić information content (AvgIpc) is 3.74. The molecule has 1 unspecified atom stereocenters. The summed E-state index contributed by atoms with van der Waals surface area (Å²) >= 11 is 0. The van der Waals surface area contributed by atoms with Gasteiger partial charge in [0.1, 0.15) is 11.9 Å². The molecule has 43 heavy (non-hydrogen) atoms. The molecule has 1 N–H and O–H groups in total. The van der Waals surface area contributed by atoms with Crippen molar-refractivity contribution in [1.29, 1.82) is 0 Å². The number of nitrogens with zero attached hydrogens (tertiary/aromatic N) is 1. The Labute approximate surface area is 247 Å². The highest BCUT2D eigenvalue weighted by atomic mass is 19.4. The number of carbonyl (C=O) groups is 1. The third-order valence-corrected chi connectivity index (χ3v) is 10.6. The van der Waals surface area contributed by atoms with Crippen LogP contribution in [0, 0.1) is 29.6 Å². The quantitative estimate of drug-likeness (QED) is 0.321. The Hall–Kier alpha value is -2.75. The summed E-state index contributed by atoms with van der Waals surface area (Å²) in [5.74, 6) is 0.336. The number of halogens is 6. The number of fused-ring (bicyclic) bond motifs is 3. The van der Waals surface area contributed by atoms with Crippen molar-refractivity contribution in [1.82, 2.24) is 4.90 Å². The SMILES string of the molecule is C[C@H](C(=O)O)[C@H](c1ccc2c(c1)OC(C1[C@@H]3CC[C@@H]1CN([C@H](C)c1cc(C(F)(F)F)ccc1C(F)(F)F)C3)CC2)C1CC1. The minimum atomic E-state index is -4.76. The maximum atomic E-state index is 13.9. The molecule has 2 aromatic rings. The van der Waals surface area contributed by atoms with E-state index < -0.39 is 41.4 Å². The number of alkyl halides is 6. The lowest BCUT2D eigenvalue weighted by Gasteiger charge is -2.45. The van der Waals surface area contributed by atoms with E-state index >= 15 is 0 Å². The summed E-state index contributed by atoms with van der Waals surface area (Å²) < 4.78 is 88.6. The molecule has 0 aromatic heterocycles. The van der Waals surface area contributed by atoms with E-state index in [2.05, 4.69) is 6.07 Å². The second-order valence-electron chi connectivity index (χ2n) is 13.2. The second-order valence-corrected chi connectivity index (χ2v) is 13.2. The first-order valence-electron chi connectivity index (χ1n) is 15.3. The molecule has 2 aliphatic heterocycles. The van der Waals surface area contributed by atoms with E-state index in [0.717, 1.165) is 55.4 Å². The van der Waals surface area contributed by atoms with Gasteiger partial charge in [0.15, 0.2) is 0 Å². The van der Waals surface area contributed by atoms with Gasteiger partial charge in [0.2, 0.25) is 0 Å². The highest BCUT2D eigenvalue weighted by Crippen LogP contribution is 2.51. The van der Waals surface area contributed by atoms with Gasteiger partial charge in [-0.3, -0.25) is 9.69 Å². The molecule has 6 rings (SSSR count). The Morgan fingerprint density at radius 3 is 2.16 bits per heavy atom. The maximum Gasteiger partial charge on any atom is 0.416 e. The van der Waals surface area contributed by atoms with Crippen LogP contribution in [0.5, 0.6) is 5.75 Å². The molecule has 0 amide bonds. The van der Waals surface area contributed by atoms with E-state index in [4.69, 9.17) is 4.74 Å². The predicted molar refractivity (Wildman–Crippen MR) is 148 cm³/mol. The lowest BCUT2D eigenvalue weighted by molar-refractivity contribution is -0.142. The van der Waals surface area contributed by atoms with Gasteiger partial charge in [0, 0.05) is 25.0 Å². The van der Waals surface area contributed by atoms with E-state index in [1.807, 2.05) is 17.0 Å². The molecule has 4 aliphatic rings. The first-order chi connectivity index (χ1) is 20.2. The molecule has 1 saturated heterocycles. The van der Waals surface area contributed by atoms with Crippen molar-refractivity contribution in [2.45, 2.75) is 82.8 Å². The molecule has 2 heterocycles. The summed E-state index contributed by atoms with van der Waals surface area (Å²) in [6.45, 7) is 4.34. The van der Waals surface area contributed by atoms with Crippen LogP contribution in [-0.4, -0.2) is 35.2 Å². The van der Waals surface area contributed by atoms with Crippen LogP contribution in [0.1, 0.15) is 85.7 Å². The third-order valence-electron chi connectivity index (χ3n) is 10.6. The summed E-state index contributed by atoms with van der Waals surface area (Å²) in [6.07, 6.45) is -4.05. The van der Waals surface area contributed by atoms with Crippen molar-refractivity contribution < 1.29 is 41.0 Å². The normalized spacial score (nSPS) is 28.1. The fraction of sp³-hybridized carbons (Fsp3) is 0.606. The molecule has 2 saturated carbocycles. The average molecular weight is 610 g/mol. The fourth-order valence-electron chi connectivity index (χ4n) is 8.23. The molecule has 6 atom stereocenters. The Bertz CT molecular complexity index is 1360. The van der Waals surface area contributed by atoms with E-state index in [0.29, 0.717) is 37.2 Å². The van der Waals surface area contributed by atoms with Gasteiger partial charge in [0.05, 0.1) is 17.0 Å². The van der Waals surface area contributed by atoms with Gasteiger partial charge in [-0.15, -0.1) is 0 Å². The number of ether oxygens (including phenoxy) is 1. The number of hydrogen-bond acceptors (Lipinski definition) is 3. The molecular weight excluding hydrogens is 572 g/mol. The zero-order valence-electron chi connectivity index (χ0n) is 24.2. The van der Waals surface area contributed by atoms with Crippen molar-refractivity contribution in [2.24, 2.45) is 29.6 Å². The van der Waals surface area contributed by atoms with Crippen molar-refractivity contribution in [3.05, 3.63) is 64.2 Å². The number of aliphatic carboxylic acids is 1. The van der Waals surface area contributed by atoms with E-state index in [-0.39, 0.29) is 35.3 Å². The number of rotatable bonds is 7. The number of benzene rings is 2. The largest absolute Gasteiger partial charge is 0.490 e. The Morgan fingerprint density at radius 2 is 1.58 bits per heavy atom. The minimum absolute atomic E-state index is 0.0618. The number of piperidine rings is 1. The van der Waals surface area contributed by atoms with Crippen LogP contribution in [0.25, 0.3) is 0 Å². The summed E-state index contributed by atoms with van der Waals surface area (Å²) in [5.41, 5.74) is -0.343. The molecule has 4 nitrogen and oxygen atoms in total. The number of likely N-dealkylation sites (tertiary alicyclic amines) is 1. The number of aryl methyl sites for hydroxylation is 1. The van der Waals surface area contributed by atoms with Gasteiger partial charge in [-0.25, -0.2) is 0 Å². The van der Waals surface area contributed by atoms with Crippen LogP contribution >= 0.6 is 0 Å². The Balaban J connectivity index is 1.20. The second kappa shape index (κ2) is 11.0. The zero-order chi connectivity index (χ0) is 30.8. The Morgan fingerprint density at radius 1 is 0.907 bits per heavy atom. The number of hydrogen-bond donors (Lipinski definition) is 1. The minimum Gasteiger partial charge on any atom is -0.490 e. The molecule has 3 fully saturated rings. The van der Waals surface area contributed by atoms with Gasteiger partial charge in [0.25, 0.3) is 0 Å². The smallest absolute Gasteiger partial charge is 0.416 e. The van der Waals surface area contributed by atoms with E-state index in [1.54, 1.807) is 13.8 Å². The predicted octanol–water partition coefficient (Wildman–Crippen LogP) is 8.35. The highest BCUT2D eigenvalue weighted by molar-refractivity contribution is 5.71. The van der Waals surface area contributed by atoms with Crippen molar-refractivity contribution in [3.8, 4) is 5.75 Å². The number of carboxylic acids is 1. The number of carboxylic acid groups (broad SMARTS) is 1. The first-order valence-corrected chi connectivity index (χ1v) is 15.3. The zero-order valence-corrected chi connectivity index (χ0v) is 24.2. The van der Waals surface area contributed by atoms with Crippen LogP contribution in [0.2, 0.25) is 0 Å². The van der Waals surface area contributed by atoms with Gasteiger partial charge in [-0.1, -0.05) is 19.1 Å². The van der Waals surface area contributed by atoms with Crippen molar-refractivity contribution in [3.63, 3.8) is 0 Å². The molecule has 234 valence electrons. The monoisotopic (exact) mass is 609 g/mol. The first kappa shape index (κ1) is 30.3. The highest BCUT2D eigenvalue weighted by Gasteiger charge is 2.49. The molecule has 0 radical (unpaired) electrons. The molecule has 2 aromatic carbocycles. The van der Waals surface area contributed by atoms with Gasteiger partial charge in [-0.05, 0) is 110 Å². The van der Waals surface area contributed by atoms with Crippen LogP contribution in [-0.2, 0) is 23.6 Å². The standard InChI is InChI=1S/C33H37F6NO3/c1-17(31(41)42)29(20-4-5-20)21-6-3-19-9-12-27(43-28(19)13-21)30-22-7-8-23(30)16-40(15-22)18(2)25-14-24(32(34,35)36)10-11-26(25)33(37,38)39/h3,6,10-11,13-14,17-18,20,22-23,27,29-30H,4-5,7-9,12,15-16H2,1-2H3,(H,41,42)/t17-,18+,22+,23+,27?,29-/m0/s1. The fourth-order valence-corrected chi connectivity index (χ4v) is 8.23. The van der Waals surface area contributed by atoms with Gasteiger partial charge in [-0.2, -0.15) is 26.3 Å². The molecule has 2 aliphatic carbocycles.